The molecular weight excluding hydrogens is 242 g/mol. The van der Waals surface area contributed by atoms with Crippen molar-refractivity contribution in [3.63, 3.8) is 0 Å². The first-order valence-corrected chi connectivity index (χ1v) is 9.43. The highest BCUT2D eigenvalue weighted by atomic mass is 14.9. The summed E-state index contributed by atoms with van der Waals surface area (Å²) >= 11 is 0. The Bertz CT molecular complexity index is 298. The molecule has 3 fully saturated rings. The summed E-state index contributed by atoms with van der Waals surface area (Å²) in [5, 5.41) is 3.74. The molecule has 3 rings (SSSR count). The van der Waals surface area contributed by atoms with E-state index in [4.69, 9.17) is 0 Å². The van der Waals surface area contributed by atoms with Crippen LogP contribution in [-0.4, -0.2) is 13.1 Å². The predicted molar refractivity (Wildman–Crippen MR) is 86.7 cm³/mol. The van der Waals surface area contributed by atoms with Crippen molar-refractivity contribution in [1.82, 2.24) is 5.32 Å². The fraction of sp³-hybridized carbons (Fsp3) is 1.00. The number of fused-ring (bicyclic) bond motifs is 2. The number of hydrogen-bond acceptors (Lipinski definition) is 1. The van der Waals surface area contributed by atoms with Crippen molar-refractivity contribution >= 4 is 0 Å². The Balaban J connectivity index is 1.47. The standard InChI is InChI=1S/C19H35N/c1-14(2)12-20-13-18-6-4-3-5-16(18)11-19-10-15-7-8-17(19)9-15/h14-20H,3-13H2,1-2H3. The van der Waals surface area contributed by atoms with Crippen molar-refractivity contribution < 1.29 is 0 Å². The van der Waals surface area contributed by atoms with Crippen molar-refractivity contribution in [2.75, 3.05) is 13.1 Å². The van der Waals surface area contributed by atoms with Gasteiger partial charge in [0, 0.05) is 0 Å². The van der Waals surface area contributed by atoms with Gasteiger partial charge in [0.1, 0.15) is 0 Å². The highest BCUT2D eigenvalue weighted by molar-refractivity contribution is 4.92. The molecule has 0 radical (unpaired) electrons. The van der Waals surface area contributed by atoms with Crippen LogP contribution in [-0.2, 0) is 0 Å². The Morgan fingerprint density at radius 2 is 1.70 bits per heavy atom. The van der Waals surface area contributed by atoms with Crippen LogP contribution in [0.4, 0.5) is 0 Å². The Morgan fingerprint density at radius 3 is 2.35 bits per heavy atom. The van der Waals surface area contributed by atoms with Crippen molar-refractivity contribution in [3.05, 3.63) is 0 Å². The Morgan fingerprint density at radius 1 is 0.900 bits per heavy atom. The molecule has 5 unspecified atom stereocenters. The maximum atomic E-state index is 3.74. The van der Waals surface area contributed by atoms with Crippen molar-refractivity contribution in [2.24, 2.45) is 35.5 Å². The lowest BCUT2D eigenvalue weighted by Crippen LogP contribution is -2.33. The minimum atomic E-state index is 0.794. The first-order chi connectivity index (χ1) is 9.72. The molecule has 0 heterocycles. The Labute approximate surface area is 126 Å². The average molecular weight is 277 g/mol. The van der Waals surface area contributed by atoms with Crippen molar-refractivity contribution in [1.29, 1.82) is 0 Å². The smallest absolute Gasteiger partial charge is 0.00178 e. The first-order valence-electron chi connectivity index (χ1n) is 9.43. The van der Waals surface area contributed by atoms with Gasteiger partial charge in [-0.1, -0.05) is 39.5 Å². The summed E-state index contributed by atoms with van der Waals surface area (Å²) in [5.74, 6) is 6.21. The lowest BCUT2D eigenvalue weighted by atomic mass is 9.72. The lowest BCUT2D eigenvalue weighted by molar-refractivity contribution is 0.165. The predicted octanol–water partition coefficient (Wildman–Crippen LogP) is 4.86. The third kappa shape index (κ3) is 3.59. The molecule has 3 saturated carbocycles. The molecule has 1 nitrogen and oxygen atoms in total. The topological polar surface area (TPSA) is 12.0 Å². The first kappa shape index (κ1) is 14.9. The second-order valence-corrected chi connectivity index (χ2v) is 8.53. The van der Waals surface area contributed by atoms with Crippen LogP contribution in [0.1, 0.15) is 71.6 Å². The molecule has 2 bridgehead atoms. The Kier molecular flexibility index (Phi) is 5.07. The van der Waals surface area contributed by atoms with Gasteiger partial charge in [0.15, 0.2) is 0 Å². The van der Waals surface area contributed by atoms with Crippen molar-refractivity contribution in [2.45, 2.75) is 71.6 Å². The van der Waals surface area contributed by atoms with Crippen LogP contribution >= 0.6 is 0 Å². The van der Waals surface area contributed by atoms with E-state index in [1.165, 1.54) is 38.8 Å². The van der Waals surface area contributed by atoms with Crippen LogP contribution in [0.2, 0.25) is 0 Å². The molecule has 0 amide bonds. The van der Waals surface area contributed by atoms with E-state index in [9.17, 15) is 0 Å². The summed E-state index contributed by atoms with van der Waals surface area (Å²) in [6.07, 6.45) is 13.9. The summed E-state index contributed by atoms with van der Waals surface area (Å²) in [5.41, 5.74) is 0. The molecule has 3 aliphatic carbocycles. The zero-order valence-electron chi connectivity index (χ0n) is 13.7. The van der Waals surface area contributed by atoms with E-state index in [1.807, 2.05) is 0 Å². The van der Waals surface area contributed by atoms with Crippen molar-refractivity contribution in [3.8, 4) is 0 Å². The minimum Gasteiger partial charge on any atom is -0.316 e. The third-order valence-electron chi connectivity index (χ3n) is 6.52. The van der Waals surface area contributed by atoms with Gasteiger partial charge in [0.05, 0.1) is 0 Å². The maximum Gasteiger partial charge on any atom is -0.00178 e. The zero-order valence-corrected chi connectivity index (χ0v) is 13.7. The number of hydrogen-bond donors (Lipinski definition) is 1. The summed E-state index contributed by atoms with van der Waals surface area (Å²) < 4.78 is 0. The van der Waals surface area contributed by atoms with Crippen LogP contribution in [0.25, 0.3) is 0 Å². The molecule has 5 atom stereocenters. The molecule has 1 N–H and O–H groups in total. The van der Waals surface area contributed by atoms with Gasteiger partial charge in [-0.2, -0.15) is 0 Å². The molecule has 0 aromatic heterocycles. The molecule has 0 aromatic carbocycles. The second-order valence-electron chi connectivity index (χ2n) is 8.53. The summed E-state index contributed by atoms with van der Waals surface area (Å²) in [6, 6.07) is 0. The van der Waals surface area contributed by atoms with E-state index in [0.717, 1.165) is 35.5 Å². The van der Waals surface area contributed by atoms with E-state index in [-0.39, 0.29) is 0 Å². The van der Waals surface area contributed by atoms with Crippen LogP contribution in [0.15, 0.2) is 0 Å². The molecule has 116 valence electrons. The molecule has 0 aliphatic heterocycles. The van der Waals surface area contributed by atoms with Gasteiger partial charge in [0.25, 0.3) is 0 Å². The Hall–Kier alpha value is -0.0400. The van der Waals surface area contributed by atoms with Gasteiger partial charge >= 0.3 is 0 Å². The van der Waals surface area contributed by atoms with Crippen LogP contribution in [0, 0.1) is 35.5 Å². The number of nitrogens with one attached hydrogen (secondary N) is 1. The van der Waals surface area contributed by atoms with E-state index < -0.39 is 0 Å². The highest BCUT2D eigenvalue weighted by Crippen LogP contribution is 2.51. The number of rotatable bonds is 6. The second kappa shape index (κ2) is 6.81. The van der Waals surface area contributed by atoms with Gasteiger partial charge in [-0.05, 0) is 80.7 Å². The summed E-state index contributed by atoms with van der Waals surface area (Å²) in [7, 11) is 0. The zero-order chi connectivity index (χ0) is 13.9. The minimum absolute atomic E-state index is 0.794. The van der Waals surface area contributed by atoms with Crippen LogP contribution in [0.5, 0.6) is 0 Å². The fourth-order valence-electron chi connectivity index (χ4n) is 5.47. The molecule has 3 aliphatic rings. The van der Waals surface area contributed by atoms with E-state index in [1.54, 1.807) is 32.1 Å². The van der Waals surface area contributed by atoms with E-state index >= 15 is 0 Å². The van der Waals surface area contributed by atoms with Gasteiger partial charge in [0.2, 0.25) is 0 Å². The molecule has 20 heavy (non-hydrogen) atoms. The fourth-order valence-corrected chi connectivity index (χ4v) is 5.47. The highest BCUT2D eigenvalue weighted by Gasteiger charge is 2.41. The van der Waals surface area contributed by atoms with Crippen LogP contribution in [0.3, 0.4) is 0 Å². The summed E-state index contributed by atoms with van der Waals surface area (Å²) in [6.45, 7) is 7.14. The summed E-state index contributed by atoms with van der Waals surface area (Å²) in [4.78, 5) is 0. The SMILES string of the molecule is CC(C)CNCC1CCCCC1CC1CC2CCC1C2. The molecule has 0 spiro atoms. The van der Waals surface area contributed by atoms with E-state index in [0.29, 0.717) is 0 Å². The monoisotopic (exact) mass is 277 g/mol. The van der Waals surface area contributed by atoms with Crippen LogP contribution < -0.4 is 5.32 Å². The molecule has 0 aromatic rings. The maximum absolute atomic E-state index is 3.74. The average Bonchev–Trinajstić information content (AvgIpc) is 3.02. The van der Waals surface area contributed by atoms with Gasteiger partial charge in [-0.15, -0.1) is 0 Å². The normalized spacial score (nSPS) is 40.6. The largest absolute Gasteiger partial charge is 0.316 e. The van der Waals surface area contributed by atoms with Gasteiger partial charge in [-0.25, -0.2) is 0 Å². The van der Waals surface area contributed by atoms with E-state index in [2.05, 4.69) is 19.2 Å². The quantitative estimate of drug-likeness (QED) is 0.730. The third-order valence-corrected chi connectivity index (χ3v) is 6.52. The molecule has 1 heteroatoms. The lowest BCUT2D eigenvalue weighted by Gasteiger charge is -2.35. The van der Waals surface area contributed by atoms with Gasteiger partial charge < -0.3 is 5.32 Å². The molecule has 0 saturated heterocycles. The molecular formula is C19H35N. The van der Waals surface area contributed by atoms with Gasteiger partial charge in [-0.3, -0.25) is 0 Å².